The van der Waals surface area contributed by atoms with Gasteiger partial charge in [0.1, 0.15) is 10.7 Å². The maximum absolute atomic E-state index is 12.2. The van der Waals surface area contributed by atoms with Crippen LogP contribution in [-0.4, -0.2) is 25.0 Å². The summed E-state index contributed by atoms with van der Waals surface area (Å²) >= 11 is 4.67. The minimum Gasteiger partial charge on any atom is -0.382 e. The van der Waals surface area contributed by atoms with Gasteiger partial charge in [0, 0.05) is 24.3 Å². The van der Waals surface area contributed by atoms with E-state index in [2.05, 4.69) is 26.2 Å². The van der Waals surface area contributed by atoms with E-state index in [1.54, 1.807) is 0 Å². The molecule has 1 amide bonds. The minimum atomic E-state index is -0.245. The number of hydrogen-bond donors (Lipinski definition) is 2. The highest BCUT2D eigenvalue weighted by molar-refractivity contribution is 9.10. The van der Waals surface area contributed by atoms with Crippen molar-refractivity contribution in [3.8, 4) is 0 Å². The molecule has 1 heterocycles. The Balaban J connectivity index is 2.23. The van der Waals surface area contributed by atoms with Crippen molar-refractivity contribution in [1.29, 1.82) is 0 Å². The third kappa shape index (κ3) is 3.29. The summed E-state index contributed by atoms with van der Waals surface area (Å²) in [7, 11) is 3.72. The highest BCUT2D eigenvalue weighted by atomic mass is 79.9. The van der Waals surface area contributed by atoms with Gasteiger partial charge in [-0.2, -0.15) is 0 Å². The number of anilines is 3. The minimum absolute atomic E-state index is 0.245. The van der Waals surface area contributed by atoms with E-state index in [1.807, 2.05) is 44.1 Å². The number of hydrogen-bond acceptors (Lipinski definition) is 5. The fourth-order valence-electron chi connectivity index (χ4n) is 1.67. The zero-order valence-corrected chi connectivity index (χ0v) is 13.8. The molecule has 106 valence electrons. The molecular formula is C13H15BrN4OS. The van der Waals surface area contributed by atoms with Crippen LogP contribution in [0.2, 0.25) is 0 Å². The fraction of sp³-hybridized carbons (Fsp3) is 0.231. The normalized spacial score (nSPS) is 10.4. The zero-order chi connectivity index (χ0) is 14.9. The van der Waals surface area contributed by atoms with Gasteiger partial charge >= 0.3 is 0 Å². The maximum atomic E-state index is 12.2. The van der Waals surface area contributed by atoms with Crippen LogP contribution in [0.5, 0.6) is 0 Å². The molecule has 0 saturated carbocycles. The van der Waals surface area contributed by atoms with Crippen LogP contribution in [-0.2, 0) is 0 Å². The number of carbonyl (C=O) groups excluding carboxylic acids is 1. The third-order valence-electron chi connectivity index (χ3n) is 2.53. The van der Waals surface area contributed by atoms with Gasteiger partial charge in [-0.1, -0.05) is 27.3 Å². The molecule has 0 aliphatic rings. The van der Waals surface area contributed by atoms with Crippen molar-refractivity contribution in [1.82, 2.24) is 4.98 Å². The van der Waals surface area contributed by atoms with Crippen molar-refractivity contribution in [3.05, 3.63) is 33.1 Å². The number of amides is 1. The van der Waals surface area contributed by atoms with E-state index in [0.29, 0.717) is 10.0 Å². The molecule has 0 radical (unpaired) electrons. The second-order valence-corrected chi connectivity index (χ2v) is 6.47. The lowest BCUT2D eigenvalue weighted by atomic mass is 10.2. The number of nitrogens with one attached hydrogen (secondary N) is 1. The summed E-state index contributed by atoms with van der Waals surface area (Å²) in [6.45, 7) is 1.96. The Labute approximate surface area is 129 Å². The number of benzene rings is 1. The predicted octanol–water partition coefficient (Wildman–Crippen LogP) is 3.11. The van der Waals surface area contributed by atoms with E-state index >= 15 is 0 Å². The molecule has 3 N–H and O–H groups in total. The number of aryl methyl sites for hydroxylation is 1. The molecule has 0 aliphatic heterocycles. The number of nitrogens with zero attached hydrogens (tertiary/aromatic N) is 2. The molecule has 2 aromatic rings. The average molecular weight is 355 g/mol. The number of nitrogens with two attached hydrogens (primary N) is 1. The van der Waals surface area contributed by atoms with Crippen molar-refractivity contribution in [2.24, 2.45) is 0 Å². The second-order valence-electron chi connectivity index (χ2n) is 4.58. The van der Waals surface area contributed by atoms with Gasteiger partial charge in [0.2, 0.25) is 0 Å². The van der Waals surface area contributed by atoms with Gasteiger partial charge in [0.15, 0.2) is 5.13 Å². The monoisotopic (exact) mass is 354 g/mol. The van der Waals surface area contributed by atoms with Crippen LogP contribution in [0, 0.1) is 6.92 Å². The van der Waals surface area contributed by atoms with Crippen LogP contribution in [0.1, 0.15) is 15.2 Å². The van der Waals surface area contributed by atoms with Gasteiger partial charge in [-0.05, 0) is 30.7 Å². The van der Waals surface area contributed by atoms with Crippen LogP contribution in [0.15, 0.2) is 22.7 Å². The van der Waals surface area contributed by atoms with E-state index in [4.69, 9.17) is 5.73 Å². The molecule has 1 aromatic heterocycles. The molecule has 0 saturated heterocycles. The molecule has 0 unspecified atom stereocenters. The zero-order valence-electron chi connectivity index (χ0n) is 11.4. The molecule has 7 heteroatoms. The van der Waals surface area contributed by atoms with Crippen molar-refractivity contribution < 1.29 is 4.79 Å². The van der Waals surface area contributed by atoms with Crippen LogP contribution in [0.25, 0.3) is 0 Å². The van der Waals surface area contributed by atoms with Gasteiger partial charge < -0.3 is 16.0 Å². The van der Waals surface area contributed by atoms with Crippen molar-refractivity contribution in [2.45, 2.75) is 6.92 Å². The lowest BCUT2D eigenvalue weighted by molar-refractivity contribution is 0.103. The standard InChI is InChI=1S/C13H15BrN4OS/c1-7-4-8(14)6-9(5-7)16-12(19)10-11(15)17-13(20-10)18(2)3/h4-6H,15H2,1-3H3,(H,16,19). The van der Waals surface area contributed by atoms with Crippen LogP contribution in [0.4, 0.5) is 16.6 Å². The molecule has 5 nitrogen and oxygen atoms in total. The molecule has 1 aromatic carbocycles. The van der Waals surface area contributed by atoms with Gasteiger partial charge in [0.05, 0.1) is 0 Å². The first kappa shape index (κ1) is 14.8. The Bertz CT molecular complexity index is 634. The number of halogens is 1. The lowest BCUT2D eigenvalue weighted by Gasteiger charge is -2.06. The summed E-state index contributed by atoms with van der Waals surface area (Å²) in [4.78, 5) is 18.6. The predicted molar refractivity (Wildman–Crippen MR) is 87.7 cm³/mol. The molecular weight excluding hydrogens is 340 g/mol. The van der Waals surface area contributed by atoms with Crippen molar-refractivity contribution in [2.75, 3.05) is 30.0 Å². The summed E-state index contributed by atoms with van der Waals surface area (Å²) in [6, 6.07) is 5.71. The first-order valence-corrected chi connectivity index (χ1v) is 7.50. The van der Waals surface area contributed by atoms with Crippen LogP contribution >= 0.6 is 27.3 Å². The average Bonchev–Trinajstić information content (AvgIpc) is 2.70. The van der Waals surface area contributed by atoms with E-state index in [1.165, 1.54) is 11.3 Å². The summed E-state index contributed by atoms with van der Waals surface area (Å²) < 4.78 is 0.916. The number of carbonyl (C=O) groups is 1. The van der Waals surface area contributed by atoms with Gasteiger partial charge in [-0.25, -0.2) is 4.98 Å². The molecule has 0 fully saturated rings. The topological polar surface area (TPSA) is 71.2 Å². The highest BCUT2D eigenvalue weighted by Gasteiger charge is 2.17. The highest BCUT2D eigenvalue weighted by Crippen LogP contribution is 2.28. The Morgan fingerprint density at radius 3 is 2.65 bits per heavy atom. The van der Waals surface area contributed by atoms with Gasteiger partial charge in [0.25, 0.3) is 5.91 Å². The van der Waals surface area contributed by atoms with E-state index in [0.717, 1.165) is 15.7 Å². The SMILES string of the molecule is Cc1cc(Br)cc(NC(=O)c2sc(N(C)C)nc2N)c1. The maximum Gasteiger partial charge on any atom is 0.269 e. The summed E-state index contributed by atoms with van der Waals surface area (Å²) in [5, 5.41) is 3.54. The quantitative estimate of drug-likeness (QED) is 0.888. The smallest absolute Gasteiger partial charge is 0.269 e. The Morgan fingerprint density at radius 2 is 2.10 bits per heavy atom. The molecule has 0 bridgehead atoms. The van der Waals surface area contributed by atoms with Crippen LogP contribution in [0.3, 0.4) is 0 Å². The van der Waals surface area contributed by atoms with Crippen LogP contribution < -0.4 is 16.0 Å². The molecule has 20 heavy (non-hydrogen) atoms. The van der Waals surface area contributed by atoms with E-state index < -0.39 is 0 Å². The largest absolute Gasteiger partial charge is 0.382 e. The number of aromatic nitrogens is 1. The molecule has 0 aliphatic carbocycles. The third-order valence-corrected chi connectivity index (χ3v) is 4.23. The molecule has 2 rings (SSSR count). The number of thiazole rings is 1. The lowest BCUT2D eigenvalue weighted by Crippen LogP contribution is -2.12. The Hall–Kier alpha value is -1.60. The summed E-state index contributed by atoms with van der Waals surface area (Å²) in [5.74, 6) is 0.00789. The van der Waals surface area contributed by atoms with Crippen molar-refractivity contribution in [3.63, 3.8) is 0 Å². The first-order valence-electron chi connectivity index (χ1n) is 5.89. The summed E-state index contributed by atoms with van der Waals surface area (Å²) in [5.41, 5.74) is 7.58. The molecule has 0 atom stereocenters. The second kappa shape index (κ2) is 5.80. The van der Waals surface area contributed by atoms with E-state index in [-0.39, 0.29) is 11.7 Å². The Kier molecular flexibility index (Phi) is 4.29. The number of nitrogen functional groups attached to an aromatic ring is 1. The number of rotatable bonds is 3. The van der Waals surface area contributed by atoms with Gasteiger partial charge in [-0.15, -0.1) is 0 Å². The Morgan fingerprint density at radius 1 is 1.40 bits per heavy atom. The van der Waals surface area contributed by atoms with Crippen molar-refractivity contribution >= 4 is 49.8 Å². The first-order chi connectivity index (χ1) is 9.36. The van der Waals surface area contributed by atoms with E-state index in [9.17, 15) is 4.79 Å². The molecule has 0 spiro atoms. The summed E-state index contributed by atoms with van der Waals surface area (Å²) in [6.07, 6.45) is 0. The fourth-order valence-corrected chi connectivity index (χ4v) is 3.08. The van der Waals surface area contributed by atoms with Gasteiger partial charge in [-0.3, -0.25) is 4.79 Å².